The SMILES string of the molecule is CCCCCCCCCCCCCCCCn1c(=N)sc2ccccc21. The summed E-state index contributed by atoms with van der Waals surface area (Å²) in [5.41, 5.74) is 1.23. The van der Waals surface area contributed by atoms with Crippen molar-refractivity contribution in [1.29, 1.82) is 5.41 Å². The maximum Gasteiger partial charge on any atom is 0.182 e. The van der Waals surface area contributed by atoms with Crippen molar-refractivity contribution in [2.24, 2.45) is 0 Å². The van der Waals surface area contributed by atoms with Crippen molar-refractivity contribution in [3.05, 3.63) is 29.1 Å². The summed E-state index contributed by atoms with van der Waals surface area (Å²) in [6, 6.07) is 8.42. The molecule has 1 heterocycles. The van der Waals surface area contributed by atoms with Crippen molar-refractivity contribution in [3.63, 3.8) is 0 Å². The number of thiazole rings is 1. The van der Waals surface area contributed by atoms with Crippen LogP contribution in [-0.2, 0) is 6.54 Å². The molecule has 3 heteroatoms. The van der Waals surface area contributed by atoms with Gasteiger partial charge < -0.3 is 4.57 Å². The van der Waals surface area contributed by atoms with Crippen molar-refractivity contribution < 1.29 is 0 Å². The molecule has 1 N–H and O–H groups in total. The summed E-state index contributed by atoms with van der Waals surface area (Å²) in [5.74, 6) is 0. The smallest absolute Gasteiger partial charge is 0.182 e. The highest BCUT2D eigenvalue weighted by Gasteiger charge is 2.03. The van der Waals surface area contributed by atoms with Crippen molar-refractivity contribution >= 4 is 21.6 Å². The predicted molar refractivity (Wildman–Crippen MR) is 116 cm³/mol. The van der Waals surface area contributed by atoms with Gasteiger partial charge in [0, 0.05) is 6.54 Å². The minimum atomic E-state index is 0.695. The lowest BCUT2D eigenvalue weighted by atomic mass is 10.0. The van der Waals surface area contributed by atoms with Crippen molar-refractivity contribution in [1.82, 2.24) is 4.57 Å². The molecule has 1 aromatic heterocycles. The minimum absolute atomic E-state index is 0.695. The van der Waals surface area contributed by atoms with Gasteiger partial charge in [-0.1, -0.05) is 114 Å². The molecule has 0 unspecified atom stereocenters. The lowest BCUT2D eigenvalue weighted by molar-refractivity contribution is 0.524. The average molecular weight is 375 g/mol. The first-order valence-electron chi connectivity index (χ1n) is 11.0. The molecule has 0 aliphatic heterocycles. The molecule has 0 bridgehead atoms. The maximum atomic E-state index is 8.15. The molecule has 2 rings (SSSR count). The number of nitrogens with one attached hydrogen (secondary N) is 1. The van der Waals surface area contributed by atoms with Crippen LogP contribution in [0.3, 0.4) is 0 Å². The first-order valence-corrected chi connectivity index (χ1v) is 11.8. The molecule has 2 nitrogen and oxygen atoms in total. The van der Waals surface area contributed by atoms with E-state index in [9.17, 15) is 0 Å². The summed E-state index contributed by atoms with van der Waals surface area (Å²) in [6.45, 7) is 3.29. The van der Waals surface area contributed by atoms with Crippen molar-refractivity contribution in [3.8, 4) is 0 Å². The van der Waals surface area contributed by atoms with Crippen LogP contribution in [0.2, 0.25) is 0 Å². The highest BCUT2D eigenvalue weighted by atomic mass is 32.1. The van der Waals surface area contributed by atoms with E-state index < -0.39 is 0 Å². The van der Waals surface area contributed by atoms with E-state index in [1.807, 2.05) is 0 Å². The molecule has 2 aromatic rings. The van der Waals surface area contributed by atoms with Crippen LogP contribution in [0.25, 0.3) is 10.2 Å². The number of aryl methyl sites for hydroxylation is 1. The van der Waals surface area contributed by atoms with Gasteiger partial charge in [-0.05, 0) is 18.6 Å². The molecule has 0 saturated carbocycles. The Kier molecular flexibility index (Phi) is 10.7. The van der Waals surface area contributed by atoms with E-state index in [4.69, 9.17) is 5.41 Å². The number of rotatable bonds is 15. The van der Waals surface area contributed by atoms with Crippen LogP contribution in [0.5, 0.6) is 0 Å². The van der Waals surface area contributed by atoms with E-state index in [-0.39, 0.29) is 0 Å². The standard InChI is InChI=1S/C23H38N2S/c1-2-3-4-5-6-7-8-9-10-11-12-13-14-17-20-25-21-18-15-16-19-22(21)26-23(25)24/h15-16,18-19,24H,2-14,17,20H2,1H3. The zero-order valence-corrected chi connectivity index (χ0v) is 17.6. The summed E-state index contributed by atoms with van der Waals surface area (Å²) >= 11 is 1.59. The monoisotopic (exact) mass is 374 g/mol. The lowest BCUT2D eigenvalue weighted by Gasteiger charge is -2.05. The Bertz CT molecular complexity index is 656. The van der Waals surface area contributed by atoms with Gasteiger partial charge in [0.25, 0.3) is 0 Å². The predicted octanol–water partition coefficient (Wildman–Crippen LogP) is 7.66. The topological polar surface area (TPSA) is 28.8 Å². The number of benzene rings is 1. The Balaban J connectivity index is 1.44. The molecular formula is C23H38N2S. The fourth-order valence-corrected chi connectivity index (χ4v) is 4.66. The second-order valence-corrected chi connectivity index (χ2v) is 8.65. The third-order valence-corrected chi connectivity index (χ3v) is 6.32. The number of hydrogen-bond donors (Lipinski definition) is 1. The van der Waals surface area contributed by atoms with Gasteiger partial charge in [-0.25, -0.2) is 0 Å². The number of para-hydroxylation sites is 1. The number of nitrogens with zero attached hydrogens (tertiary/aromatic N) is 1. The summed E-state index contributed by atoms with van der Waals surface area (Å²) in [5, 5.41) is 8.15. The van der Waals surface area contributed by atoms with Gasteiger partial charge in [0.05, 0.1) is 10.2 Å². The van der Waals surface area contributed by atoms with Crippen LogP contribution < -0.4 is 4.80 Å². The van der Waals surface area contributed by atoms with Gasteiger partial charge in [-0.3, -0.25) is 5.41 Å². The molecular weight excluding hydrogens is 336 g/mol. The third kappa shape index (κ3) is 7.65. The minimum Gasteiger partial charge on any atom is -0.317 e. The number of unbranched alkanes of at least 4 members (excludes halogenated alkanes) is 13. The third-order valence-electron chi connectivity index (χ3n) is 5.34. The van der Waals surface area contributed by atoms with Crippen LogP contribution in [0, 0.1) is 5.41 Å². The highest BCUT2D eigenvalue weighted by Crippen LogP contribution is 2.17. The number of fused-ring (bicyclic) bond motifs is 1. The van der Waals surface area contributed by atoms with Crippen LogP contribution in [0.15, 0.2) is 24.3 Å². The highest BCUT2D eigenvalue weighted by molar-refractivity contribution is 7.16. The molecule has 0 saturated heterocycles. The Hall–Kier alpha value is -1.09. The quantitative estimate of drug-likeness (QED) is 0.310. The second-order valence-electron chi connectivity index (χ2n) is 7.62. The Morgan fingerprint density at radius 3 is 1.81 bits per heavy atom. The summed E-state index contributed by atoms with van der Waals surface area (Å²) in [4.78, 5) is 0.695. The van der Waals surface area contributed by atoms with Gasteiger partial charge in [0.15, 0.2) is 4.80 Å². The van der Waals surface area contributed by atoms with Gasteiger partial charge >= 0.3 is 0 Å². The van der Waals surface area contributed by atoms with Crippen LogP contribution >= 0.6 is 11.3 Å². The van der Waals surface area contributed by atoms with E-state index in [0.717, 1.165) is 6.54 Å². The lowest BCUT2D eigenvalue weighted by Crippen LogP contribution is -2.12. The summed E-state index contributed by atoms with van der Waals surface area (Å²) in [7, 11) is 0. The van der Waals surface area contributed by atoms with Crippen LogP contribution in [-0.4, -0.2) is 4.57 Å². The molecule has 0 atom stereocenters. The average Bonchev–Trinajstić information content (AvgIpc) is 2.97. The molecule has 0 amide bonds. The van der Waals surface area contributed by atoms with Crippen molar-refractivity contribution in [2.75, 3.05) is 0 Å². The fraction of sp³-hybridized carbons (Fsp3) is 0.696. The molecule has 26 heavy (non-hydrogen) atoms. The van der Waals surface area contributed by atoms with E-state index in [0.29, 0.717) is 4.80 Å². The Morgan fingerprint density at radius 2 is 1.23 bits per heavy atom. The zero-order valence-electron chi connectivity index (χ0n) is 16.8. The first kappa shape index (κ1) is 21.2. The van der Waals surface area contributed by atoms with Gasteiger partial charge in [-0.2, -0.15) is 0 Å². The van der Waals surface area contributed by atoms with Gasteiger partial charge in [0.1, 0.15) is 0 Å². The molecule has 146 valence electrons. The van der Waals surface area contributed by atoms with E-state index >= 15 is 0 Å². The molecule has 0 radical (unpaired) electrons. The van der Waals surface area contributed by atoms with Crippen LogP contribution in [0.1, 0.15) is 96.8 Å². The van der Waals surface area contributed by atoms with Crippen LogP contribution in [0.4, 0.5) is 0 Å². The zero-order chi connectivity index (χ0) is 18.5. The Labute approximate surface area is 164 Å². The van der Waals surface area contributed by atoms with E-state index in [1.165, 1.54) is 100 Å². The summed E-state index contributed by atoms with van der Waals surface area (Å²) < 4.78 is 3.42. The Morgan fingerprint density at radius 1 is 0.731 bits per heavy atom. The largest absolute Gasteiger partial charge is 0.317 e. The number of hydrogen-bond acceptors (Lipinski definition) is 2. The number of aromatic nitrogens is 1. The molecule has 0 fully saturated rings. The normalized spacial score (nSPS) is 11.4. The van der Waals surface area contributed by atoms with Crippen molar-refractivity contribution in [2.45, 2.75) is 103 Å². The van der Waals surface area contributed by atoms with E-state index in [2.05, 4.69) is 35.8 Å². The summed E-state index contributed by atoms with van der Waals surface area (Å²) in [6.07, 6.45) is 19.5. The van der Waals surface area contributed by atoms with Gasteiger partial charge in [-0.15, -0.1) is 0 Å². The molecule has 0 spiro atoms. The van der Waals surface area contributed by atoms with E-state index in [1.54, 1.807) is 11.3 Å². The second kappa shape index (κ2) is 13.1. The molecule has 0 aliphatic carbocycles. The molecule has 0 aliphatic rings. The fourth-order valence-electron chi connectivity index (χ4n) is 3.72. The molecule has 1 aromatic carbocycles. The maximum absolute atomic E-state index is 8.15. The first-order chi connectivity index (χ1) is 12.8. The van der Waals surface area contributed by atoms with Gasteiger partial charge in [0.2, 0.25) is 0 Å².